The minimum atomic E-state index is -0.843. The number of hydrogen-bond donors (Lipinski definition) is 0. The normalized spacial score (nSPS) is 21.2. The molecule has 1 heterocycles. The molecule has 3 heteroatoms. The number of carbonyl (C=O) groups excluding carboxylic acids is 1. The van der Waals surface area contributed by atoms with Gasteiger partial charge in [-0.05, 0) is 47.1 Å². The summed E-state index contributed by atoms with van der Waals surface area (Å²) in [4.78, 5) is 14.1. The van der Waals surface area contributed by atoms with Gasteiger partial charge in [0.15, 0.2) is 11.4 Å². The summed E-state index contributed by atoms with van der Waals surface area (Å²) in [5.74, 6) is 1.74. The van der Waals surface area contributed by atoms with Crippen LogP contribution >= 0.6 is 0 Å². The molecule has 0 bridgehead atoms. The van der Waals surface area contributed by atoms with E-state index in [9.17, 15) is 4.79 Å². The molecule has 0 saturated heterocycles. The Kier molecular flexibility index (Phi) is 5.14. The smallest absolute Gasteiger partial charge is 0.178 e. The van der Waals surface area contributed by atoms with Crippen LogP contribution in [-0.4, -0.2) is 12.9 Å². The van der Waals surface area contributed by atoms with Crippen molar-refractivity contribution in [2.75, 3.05) is 7.11 Å². The largest absolute Gasteiger partial charge is 0.497 e. The van der Waals surface area contributed by atoms with Crippen LogP contribution < -0.4 is 9.47 Å². The number of rotatable bonds is 3. The number of fused-ring (bicyclic) bond motifs is 6. The maximum Gasteiger partial charge on any atom is 0.178 e. The van der Waals surface area contributed by atoms with Gasteiger partial charge in [0.25, 0.3) is 0 Å². The summed E-state index contributed by atoms with van der Waals surface area (Å²) in [6, 6.07) is 26.7. The summed E-state index contributed by atoms with van der Waals surface area (Å²) in [5, 5.41) is 2.14. The van der Waals surface area contributed by atoms with Gasteiger partial charge in [-0.3, -0.25) is 4.79 Å². The maximum absolute atomic E-state index is 14.1. The van der Waals surface area contributed by atoms with E-state index in [1.807, 2.05) is 36.4 Å². The summed E-state index contributed by atoms with van der Waals surface area (Å²) >= 11 is 0. The zero-order chi connectivity index (χ0) is 26.0. The van der Waals surface area contributed by atoms with Crippen LogP contribution in [0.2, 0.25) is 0 Å². The van der Waals surface area contributed by atoms with Crippen molar-refractivity contribution in [3.8, 4) is 11.5 Å². The monoisotopic (exact) mass is 488 g/mol. The van der Waals surface area contributed by atoms with E-state index in [4.69, 9.17) is 9.47 Å². The highest BCUT2D eigenvalue weighted by molar-refractivity contribution is 6.12. The van der Waals surface area contributed by atoms with Crippen LogP contribution in [0.15, 0.2) is 84.9 Å². The molecule has 4 aromatic carbocycles. The molecular weight excluding hydrogens is 456 g/mol. The molecule has 1 unspecified atom stereocenters. The first-order valence-electron chi connectivity index (χ1n) is 12.9. The molecule has 0 saturated carbocycles. The highest BCUT2D eigenvalue weighted by atomic mass is 16.5. The average Bonchev–Trinajstić information content (AvgIpc) is 2.92. The van der Waals surface area contributed by atoms with E-state index < -0.39 is 11.0 Å². The molecule has 0 spiro atoms. The number of benzene rings is 4. The fourth-order valence-corrected chi connectivity index (χ4v) is 5.89. The SMILES string of the molecule is COc1ccc(C2(c3ccccc3)C=Cc3c4c(c5ccccc5c3O2)CC(C)(C)C(C)(C)C4=O)cc1. The van der Waals surface area contributed by atoms with Crippen LogP contribution in [0, 0.1) is 10.8 Å². The third-order valence-corrected chi connectivity index (χ3v) is 8.89. The van der Waals surface area contributed by atoms with Gasteiger partial charge in [-0.1, -0.05) is 94.4 Å². The van der Waals surface area contributed by atoms with Crippen LogP contribution in [0.3, 0.4) is 0 Å². The van der Waals surface area contributed by atoms with Gasteiger partial charge in [-0.2, -0.15) is 0 Å². The fourth-order valence-electron chi connectivity index (χ4n) is 5.89. The molecule has 37 heavy (non-hydrogen) atoms. The molecule has 1 atom stereocenters. The average molecular weight is 489 g/mol. The lowest BCUT2D eigenvalue weighted by molar-refractivity contribution is 0.0532. The molecule has 3 nitrogen and oxygen atoms in total. The fraction of sp³-hybridized carbons (Fsp3) is 0.265. The highest BCUT2D eigenvalue weighted by Crippen LogP contribution is 2.54. The van der Waals surface area contributed by atoms with Gasteiger partial charge in [0, 0.05) is 33.1 Å². The van der Waals surface area contributed by atoms with Crippen molar-refractivity contribution < 1.29 is 14.3 Å². The van der Waals surface area contributed by atoms with E-state index >= 15 is 0 Å². The number of ether oxygens (including phenoxy) is 2. The zero-order valence-electron chi connectivity index (χ0n) is 22.1. The molecule has 4 aromatic rings. The summed E-state index contributed by atoms with van der Waals surface area (Å²) in [6.45, 7) is 8.58. The lowest BCUT2D eigenvalue weighted by Crippen LogP contribution is -2.46. The first-order valence-corrected chi connectivity index (χ1v) is 12.9. The van der Waals surface area contributed by atoms with Gasteiger partial charge in [-0.15, -0.1) is 0 Å². The van der Waals surface area contributed by atoms with Gasteiger partial charge >= 0.3 is 0 Å². The van der Waals surface area contributed by atoms with Crippen molar-refractivity contribution in [2.24, 2.45) is 10.8 Å². The van der Waals surface area contributed by atoms with Crippen LogP contribution in [0.25, 0.3) is 16.8 Å². The molecule has 0 aromatic heterocycles. The Bertz CT molecular complexity index is 1560. The van der Waals surface area contributed by atoms with Gasteiger partial charge in [0.05, 0.1) is 7.11 Å². The lowest BCUT2D eigenvalue weighted by Gasteiger charge is -2.46. The molecule has 2 aliphatic rings. The van der Waals surface area contributed by atoms with E-state index in [0.717, 1.165) is 56.5 Å². The Morgan fingerprint density at radius 2 is 1.41 bits per heavy atom. The van der Waals surface area contributed by atoms with Gasteiger partial charge in [-0.25, -0.2) is 0 Å². The van der Waals surface area contributed by atoms with Gasteiger partial charge in [0.1, 0.15) is 11.5 Å². The van der Waals surface area contributed by atoms with Crippen LogP contribution in [0.4, 0.5) is 0 Å². The van der Waals surface area contributed by atoms with Crippen LogP contribution in [0.5, 0.6) is 11.5 Å². The first-order chi connectivity index (χ1) is 17.7. The van der Waals surface area contributed by atoms with Crippen LogP contribution in [-0.2, 0) is 12.0 Å². The summed E-state index contributed by atoms with van der Waals surface area (Å²) in [7, 11) is 1.67. The van der Waals surface area contributed by atoms with Crippen molar-refractivity contribution in [2.45, 2.75) is 39.7 Å². The van der Waals surface area contributed by atoms with E-state index in [-0.39, 0.29) is 11.2 Å². The molecule has 6 rings (SSSR count). The minimum Gasteiger partial charge on any atom is -0.497 e. The summed E-state index contributed by atoms with van der Waals surface area (Å²) in [6.07, 6.45) is 5.07. The quantitative estimate of drug-likeness (QED) is 0.293. The first kappa shape index (κ1) is 23.5. The topological polar surface area (TPSA) is 35.5 Å². The number of Topliss-reactive ketones (excluding diaryl/α,β-unsaturated/α-hetero) is 1. The Hall–Kier alpha value is -3.85. The third-order valence-electron chi connectivity index (χ3n) is 8.89. The molecule has 0 radical (unpaired) electrons. The van der Waals surface area contributed by atoms with Crippen molar-refractivity contribution in [1.29, 1.82) is 0 Å². The lowest BCUT2D eigenvalue weighted by atomic mass is 9.56. The zero-order valence-corrected chi connectivity index (χ0v) is 22.1. The van der Waals surface area contributed by atoms with Crippen molar-refractivity contribution in [3.63, 3.8) is 0 Å². The Balaban J connectivity index is 1.65. The molecule has 1 aliphatic heterocycles. The van der Waals surface area contributed by atoms with E-state index in [1.165, 1.54) is 0 Å². The molecule has 186 valence electrons. The second-order valence-electron chi connectivity index (χ2n) is 11.4. The number of ketones is 1. The Morgan fingerprint density at radius 3 is 2.08 bits per heavy atom. The molecule has 0 amide bonds. The molecule has 0 N–H and O–H groups in total. The Morgan fingerprint density at radius 1 is 0.784 bits per heavy atom. The third kappa shape index (κ3) is 3.30. The molecule has 0 fully saturated rings. The summed E-state index contributed by atoms with van der Waals surface area (Å²) < 4.78 is 12.6. The second kappa shape index (κ2) is 8.08. The van der Waals surface area contributed by atoms with Gasteiger partial charge in [0.2, 0.25) is 0 Å². The van der Waals surface area contributed by atoms with Crippen molar-refractivity contribution in [3.05, 3.63) is 113 Å². The predicted octanol–water partition coefficient (Wildman–Crippen LogP) is 7.99. The molecule has 1 aliphatic carbocycles. The predicted molar refractivity (Wildman–Crippen MR) is 149 cm³/mol. The second-order valence-corrected chi connectivity index (χ2v) is 11.4. The van der Waals surface area contributed by atoms with Crippen molar-refractivity contribution >= 4 is 22.6 Å². The molecular formula is C34H32O3. The Labute approximate surface area is 218 Å². The minimum absolute atomic E-state index is 0.162. The highest BCUT2D eigenvalue weighted by Gasteiger charge is 2.50. The number of hydrogen-bond acceptors (Lipinski definition) is 3. The standard InChI is InChI=1S/C34H32O3/c1-32(2)21-28-25-13-9-10-14-26(25)30-27(29(28)31(35)33(32,3)4)19-20-34(37-30,22-11-7-6-8-12-22)23-15-17-24(36-5)18-16-23/h6-20H,21H2,1-5H3. The van der Waals surface area contributed by atoms with Crippen molar-refractivity contribution in [1.82, 2.24) is 0 Å². The van der Waals surface area contributed by atoms with E-state index in [0.29, 0.717) is 0 Å². The van der Waals surface area contributed by atoms with Crippen LogP contribution in [0.1, 0.15) is 60.3 Å². The van der Waals surface area contributed by atoms with E-state index in [1.54, 1.807) is 7.11 Å². The number of carbonyl (C=O) groups is 1. The number of methoxy groups -OCH3 is 1. The van der Waals surface area contributed by atoms with E-state index in [2.05, 4.69) is 82.3 Å². The van der Waals surface area contributed by atoms with Gasteiger partial charge < -0.3 is 9.47 Å². The summed E-state index contributed by atoms with van der Waals surface area (Å²) in [5.41, 5.74) is 3.36. The maximum atomic E-state index is 14.1.